The molecule has 2 aromatic heterocycles. The third-order valence-corrected chi connectivity index (χ3v) is 3.29. The minimum Gasteiger partial charge on any atom is -0.339 e. The Morgan fingerprint density at radius 1 is 1.20 bits per heavy atom. The second kappa shape index (κ2) is 7.30. The van der Waals surface area contributed by atoms with E-state index in [2.05, 4.69) is 20.4 Å². The highest BCUT2D eigenvalue weighted by Crippen LogP contribution is 2.16. The molecule has 1 N–H and O–H groups in total. The number of nitrogens with zero attached hydrogens (tertiary/aromatic N) is 4. The van der Waals surface area contributed by atoms with Gasteiger partial charge in [-0.2, -0.15) is 4.98 Å². The molecule has 1 amide bonds. The van der Waals surface area contributed by atoms with Crippen LogP contribution in [0.1, 0.15) is 12.3 Å². The molecule has 3 rings (SSSR count). The molecule has 0 radical (unpaired) electrons. The highest BCUT2D eigenvalue weighted by molar-refractivity contribution is 5.90. The number of carbonyl (C=O) groups is 1. The molecule has 0 bridgehead atoms. The van der Waals surface area contributed by atoms with E-state index in [4.69, 9.17) is 4.52 Å². The normalized spacial score (nSPS) is 10.4. The second-order valence-corrected chi connectivity index (χ2v) is 5.08. The number of benzene rings is 1. The van der Waals surface area contributed by atoms with Gasteiger partial charge in [-0.1, -0.05) is 11.2 Å². The molecule has 0 unspecified atom stereocenters. The van der Waals surface area contributed by atoms with Crippen molar-refractivity contribution in [1.29, 1.82) is 0 Å². The van der Waals surface area contributed by atoms with Crippen molar-refractivity contribution in [2.75, 3.05) is 5.32 Å². The van der Waals surface area contributed by atoms with Crippen LogP contribution in [0.3, 0.4) is 0 Å². The van der Waals surface area contributed by atoms with Crippen LogP contribution in [0.5, 0.6) is 0 Å². The van der Waals surface area contributed by atoms with Crippen LogP contribution in [0, 0.1) is 10.1 Å². The average Bonchev–Trinajstić information content (AvgIpc) is 3.10. The summed E-state index contributed by atoms with van der Waals surface area (Å²) in [6.07, 6.45) is 2.04. The minimum absolute atomic E-state index is 0.0362. The van der Waals surface area contributed by atoms with Gasteiger partial charge in [-0.15, -0.1) is 0 Å². The smallest absolute Gasteiger partial charge is 0.269 e. The monoisotopic (exact) mass is 339 g/mol. The number of aryl methyl sites for hydroxylation is 1. The lowest BCUT2D eigenvalue weighted by atomic mass is 10.2. The SMILES string of the molecule is O=C(CCc1nc(-c2ccccn2)no1)Nc1ccc([N+](=O)[O-])cc1. The average molecular weight is 339 g/mol. The lowest BCUT2D eigenvalue weighted by molar-refractivity contribution is -0.384. The van der Waals surface area contributed by atoms with Crippen LogP contribution in [-0.4, -0.2) is 26.0 Å². The maximum atomic E-state index is 11.9. The molecule has 1 aromatic carbocycles. The largest absolute Gasteiger partial charge is 0.339 e. The maximum Gasteiger partial charge on any atom is 0.269 e. The van der Waals surface area contributed by atoms with Gasteiger partial charge >= 0.3 is 0 Å². The van der Waals surface area contributed by atoms with Gasteiger partial charge in [0.1, 0.15) is 5.69 Å². The van der Waals surface area contributed by atoms with E-state index in [1.54, 1.807) is 18.3 Å². The Bertz CT molecular complexity index is 877. The first kappa shape index (κ1) is 16.2. The lowest BCUT2D eigenvalue weighted by Gasteiger charge is -2.03. The topological polar surface area (TPSA) is 124 Å². The Morgan fingerprint density at radius 2 is 2.00 bits per heavy atom. The fourth-order valence-electron chi connectivity index (χ4n) is 2.07. The summed E-state index contributed by atoms with van der Waals surface area (Å²) >= 11 is 0. The van der Waals surface area contributed by atoms with Gasteiger partial charge in [-0.3, -0.25) is 19.9 Å². The van der Waals surface area contributed by atoms with Crippen LogP contribution in [0.4, 0.5) is 11.4 Å². The zero-order valence-electron chi connectivity index (χ0n) is 13.0. The molecule has 0 saturated carbocycles. The van der Waals surface area contributed by atoms with E-state index in [0.717, 1.165) is 0 Å². The Balaban J connectivity index is 1.54. The highest BCUT2D eigenvalue weighted by Gasteiger charge is 2.12. The number of non-ortho nitro benzene ring substituents is 1. The molecule has 9 heteroatoms. The Morgan fingerprint density at radius 3 is 2.68 bits per heavy atom. The van der Waals surface area contributed by atoms with Gasteiger partial charge in [-0.05, 0) is 24.3 Å². The van der Waals surface area contributed by atoms with Crippen molar-refractivity contribution in [3.63, 3.8) is 0 Å². The zero-order valence-corrected chi connectivity index (χ0v) is 13.0. The molecule has 0 saturated heterocycles. The molecular weight excluding hydrogens is 326 g/mol. The number of carbonyl (C=O) groups excluding carboxylic acids is 1. The first-order valence-electron chi connectivity index (χ1n) is 7.40. The lowest BCUT2D eigenvalue weighted by Crippen LogP contribution is -2.12. The summed E-state index contributed by atoms with van der Waals surface area (Å²) in [5.41, 5.74) is 1.04. The molecule has 126 valence electrons. The van der Waals surface area contributed by atoms with Crippen LogP contribution in [-0.2, 0) is 11.2 Å². The molecule has 0 aliphatic heterocycles. The summed E-state index contributed by atoms with van der Waals surface area (Å²) in [6, 6.07) is 11.0. The van der Waals surface area contributed by atoms with Gasteiger partial charge < -0.3 is 9.84 Å². The fraction of sp³-hybridized carbons (Fsp3) is 0.125. The van der Waals surface area contributed by atoms with E-state index in [1.807, 2.05) is 6.07 Å². The molecule has 0 aliphatic rings. The number of anilines is 1. The van der Waals surface area contributed by atoms with Crippen LogP contribution < -0.4 is 5.32 Å². The predicted molar refractivity (Wildman–Crippen MR) is 87.6 cm³/mol. The maximum absolute atomic E-state index is 11.9. The third kappa shape index (κ3) is 4.22. The Hall–Kier alpha value is -3.62. The van der Waals surface area contributed by atoms with Crippen LogP contribution >= 0.6 is 0 Å². The molecule has 0 fully saturated rings. The number of aromatic nitrogens is 3. The number of hydrogen-bond donors (Lipinski definition) is 1. The van der Waals surface area contributed by atoms with Crippen molar-refractivity contribution >= 4 is 17.3 Å². The van der Waals surface area contributed by atoms with Gasteiger partial charge in [0.2, 0.25) is 17.6 Å². The number of hydrogen-bond acceptors (Lipinski definition) is 7. The van der Waals surface area contributed by atoms with Crippen molar-refractivity contribution < 1.29 is 14.2 Å². The standard InChI is InChI=1S/C16H13N5O4/c22-14(18-11-4-6-12(7-5-11)21(23)24)8-9-15-19-16(20-25-15)13-3-1-2-10-17-13/h1-7,10H,8-9H2,(H,18,22). The van der Waals surface area contributed by atoms with Crippen molar-refractivity contribution in [2.24, 2.45) is 0 Å². The van der Waals surface area contributed by atoms with Crippen molar-refractivity contribution in [3.8, 4) is 11.5 Å². The molecule has 0 atom stereocenters. The van der Waals surface area contributed by atoms with Crippen LogP contribution in [0.15, 0.2) is 53.2 Å². The number of rotatable bonds is 6. The Labute approximate surface area is 141 Å². The summed E-state index contributed by atoms with van der Waals surface area (Å²) in [4.78, 5) is 30.3. The van der Waals surface area contributed by atoms with E-state index in [-0.39, 0.29) is 24.4 Å². The van der Waals surface area contributed by atoms with Crippen LogP contribution in [0.25, 0.3) is 11.5 Å². The number of nitrogens with one attached hydrogen (secondary N) is 1. The third-order valence-electron chi connectivity index (χ3n) is 3.29. The summed E-state index contributed by atoms with van der Waals surface area (Å²) in [7, 11) is 0. The van der Waals surface area contributed by atoms with Gasteiger partial charge in [0.15, 0.2) is 0 Å². The molecule has 3 aromatic rings. The van der Waals surface area contributed by atoms with Crippen molar-refractivity contribution in [3.05, 3.63) is 64.7 Å². The van der Waals surface area contributed by atoms with Gasteiger partial charge in [-0.25, -0.2) is 0 Å². The van der Waals surface area contributed by atoms with E-state index in [0.29, 0.717) is 23.1 Å². The number of amides is 1. The number of pyridine rings is 1. The molecule has 2 heterocycles. The summed E-state index contributed by atoms with van der Waals surface area (Å²) < 4.78 is 5.11. The first-order valence-corrected chi connectivity index (χ1v) is 7.40. The molecule has 0 aliphatic carbocycles. The summed E-state index contributed by atoms with van der Waals surface area (Å²) in [5.74, 6) is 0.442. The molecule has 25 heavy (non-hydrogen) atoms. The van der Waals surface area contributed by atoms with E-state index in [9.17, 15) is 14.9 Å². The molecule has 9 nitrogen and oxygen atoms in total. The van der Waals surface area contributed by atoms with E-state index >= 15 is 0 Å². The minimum atomic E-state index is -0.500. The molecule has 0 spiro atoms. The van der Waals surface area contributed by atoms with Gasteiger partial charge in [0.05, 0.1) is 4.92 Å². The van der Waals surface area contributed by atoms with Gasteiger partial charge in [0, 0.05) is 36.9 Å². The highest BCUT2D eigenvalue weighted by atomic mass is 16.6. The number of nitro groups is 1. The zero-order chi connectivity index (χ0) is 17.6. The van der Waals surface area contributed by atoms with Crippen molar-refractivity contribution in [1.82, 2.24) is 15.1 Å². The Kier molecular flexibility index (Phi) is 4.74. The van der Waals surface area contributed by atoms with E-state index < -0.39 is 4.92 Å². The van der Waals surface area contributed by atoms with Crippen LogP contribution in [0.2, 0.25) is 0 Å². The quantitative estimate of drug-likeness (QED) is 0.540. The fourth-order valence-corrected chi connectivity index (χ4v) is 2.07. The second-order valence-electron chi connectivity index (χ2n) is 5.08. The molecular formula is C16H13N5O4. The van der Waals surface area contributed by atoms with E-state index in [1.165, 1.54) is 24.3 Å². The first-order chi connectivity index (χ1) is 12.1. The number of nitro benzene ring substituents is 1. The summed E-state index contributed by atoms with van der Waals surface area (Å²) in [6.45, 7) is 0. The predicted octanol–water partition coefficient (Wildman–Crippen LogP) is 2.61. The van der Waals surface area contributed by atoms with Gasteiger partial charge in [0.25, 0.3) is 5.69 Å². The summed E-state index contributed by atoms with van der Waals surface area (Å²) in [5, 5.41) is 17.1. The van der Waals surface area contributed by atoms with Crippen molar-refractivity contribution in [2.45, 2.75) is 12.8 Å².